The number of hydrogen-bond donors (Lipinski definition) is 1. The molecule has 1 aliphatic heterocycles. The number of carbonyl (C=O) groups excluding carboxylic acids is 1. The number of methoxy groups -OCH3 is 2. The van der Waals surface area contributed by atoms with Crippen LogP contribution in [0.2, 0.25) is 0 Å². The number of nitrogens with one attached hydrogen (secondary N) is 1. The van der Waals surface area contributed by atoms with Gasteiger partial charge in [0.25, 0.3) is 0 Å². The second-order valence-corrected chi connectivity index (χ2v) is 8.65. The van der Waals surface area contributed by atoms with Crippen LogP contribution in [0.4, 0.5) is 26.1 Å². The van der Waals surface area contributed by atoms with Crippen molar-refractivity contribution in [3.05, 3.63) is 65.0 Å². The van der Waals surface area contributed by atoms with Gasteiger partial charge in [0.15, 0.2) is 11.6 Å². The average molecular weight is 497 g/mol. The number of aryl methyl sites for hydroxylation is 2. The van der Waals surface area contributed by atoms with Crippen molar-refractivity contribution in [2.24, 2.45) is 0 Å². The van der Waals surface area contributed by atoms with Crippen molar-refractivity contribution < 1.29 is 23.0 Å². The number of rotatable bonds is 9. The lowest BCUT2D eigenvalue weighted by Crippen LogP contribution is -2.33. The molecule has 0 atom stereocenters. The van der Waals surface area contributed by atoms with Gasteiger partial charge in [-0.2, -0.15) is 0 Å². The normalized spacial score (nSPS) is 13.6. The lowest BCUT2D eigenvalue weighted by Gasteiger charge is -2.29. The van der Waals surface area contributed by atoms with Gasteiger partial charge >= 0.3 is 0 Å². The zero-order valence-corrected chi connectivity index (χ0v) is 20.7. The molecule has 1 aromatic heterocycles. The number of piperidine rings is 1. The molecule has 0 spiro atoms. The van der Waals surface area contributed by atoms with Crippen molar-refractivity contribution in [3.63, 3.8) is 0 Å². The Morgan fingerprint density at radius 2 is 1.67 bits per heavy atom. The number of benzene rings is 2. The third kappa shape index (κ3) is 5.56. The van der Waals surface area contributed by atoms with Crippen LogP contribution in [0, 0.1) is 11.6 Å². The van der Waals surface area contributed by atoms with Gasteiger partial charge in [0, 0.05) is 55.6 Å². The molecule has 7 nitrogen and oxygen atoms in total. The molecular weight excluding hydrogens is 466 g/mol. The standard InChI is InChI=1S/C27H30F2N4O3/c1-4-18-13-24(36-3)26(29)21(25(18)28)7-5-17-15-30-27(31-16-17)32-19-6-8-22(23(14-19)35-2)33-11-9-20(34)10-12-33/h6,8,13-16H,4-5,7,9-12H2,1-3H3,(H,30,31,32). The highest BCUT2D eigenvalue weighted by molar-refractivity contribution is 5.81. The summed E-state index contributed by atoms with van der Waals surface area (Å²) in [4.78, 5) is 22.4. The molecule has 2 aromatic carbocycles. The summed E-state index contributed by atoms with van der Waals surface area (Å²) in [6.07, 6.45) is 5.36. The Balaban J connectivity index is 1.42. The summed E-state index contributed by atoms with van der Waals surface area (Å²) in [6, 6.07) is 7.13. The van der Waals surface area contributed by atoms with Crippen LogP contribution in [0.1, 0.15) is 36.5 Å². The highest BCUT2D eigenvalue weighted by atomic mass is 19.1. The van der Waals surface area contributed by atoms with Gasteiger partial charge in [-0.25, -0.2) is 18.7 Å². The second kappa shape index (κ2) is 11.3. The minimum Gasteiger partial charge on any atom is -0.495 e. The third-order valence-electron chi connectivity index (χ3n) is 6.40. The van der Waals surface area contributed by atoms with E-state index in [-0.39, 0.29) is 23.5 Å². The van der Waals surface area contributed by atoms with Crippen molar-refractivity contribution in [3.8, 4) is 11.5 Å². The highest BCUT2D eigenvalue weighted by Gasteiger charge is 2.20. The van der Waals surface area contributed by atoms with E-state index in [1.807, 2.05) is 25.1 Å². The number of Topliss-reactive ketones (excluding diaryl/α,β-unsaturated/α-hetero) is 1. The van der Waals surface area contributed by atoms with Gasteiger partial charge in [0.1, 0.15) is 17.3 Å². The van der Waals surface area contributed by atoms with Crippen molar-refractivity contribution in [2.75, 3.05) is 37.5 Å². The summed E-state index contributed by atoms with van der Waals surface area (Å²) in [5.74, 6) is 0.232. The van der Waals surface area contributed by atoms with E-state index in [1.165, 1.54) is 13.2 Å². The smallest absolute Gasteiger partial charge is 0.227 e. The van der Waals surface area contributed by atoms with E-state index < -0.39 is 11.6 Å². The van der Waals surface area contributed by atoms with Crippen LogP contribution in [-0.4, -0.2) is 43.1 Å². The van der Waals surface area contributed by atoms with Crippen LogP contribution in [0.5, 0.6) is 11.5 Å². The van der Waals surface area contributed by atoms with Crippen molar-refractivity contribution in [2.45, 2.75) is 39.0 Å². The van der Waals surface area contributed by atoms with Crippen LogP contribution in [-0.2, 0) is 24.1 Å². The van der Waals surface area contributed by atoms with Crippen LogP contribution >= 0.6 is 0 Å². The van der Waals surface area contributed by atoms with E-state index in [0.29, 0.717) is 56.0 Å². The molecule has 1 fully saturated rings. The van der Waals surface area contributed by atoms with E-state index in [0.717, 1.165) is 16.9 Å². The quantitative estimate of drug-likeness (QED) is 0.445. The Morgan fingerprint density at radius 1 is 0.972 bits per heavy atom. The Kier molecular flexibility index (Phi) is 7.97. The summed E-state index contributed by atoms with van der Waals surface area (Å²) in [7, 11) is 2.98. The van der Waals surface area contributed by atoms with Gasteiger partial charge in [0.2, 0.25) is 5.95 Å². The first-order chi connectivity index (χ1) is 17.4. The highest BCUT2D eigenvalue weighted by Crippen LogP contribution is 2.33. The lowest BCUT2D eigenvalue weighted by molar-refractivity contribution is -0.119. The number of anilines is 3. The minimum absolute atomic E-state index is 0.0126. The van der Waals surface area contributed by atoms with Gasteiger partial charge in [0.05, 0.1) is 19.9 Å². The van der Waals surface area contributed by atoms with Crippen molar-refractivity contribution >= 4 is 23.1 Å². The topological polar surface area (TPSA) is 76.6 Å². The molecule has 0 unspecified atom stereocenters. The molecule has 3 aromatic rings. The second-order valence-electron chi connectivity index (χ2n) is 8.65. The van der Waals surface area contributed by atoms with E-state index in [4.69, 9.17) is 9.47 Å². The molecule has 0 radical (unpaired) electrons. The molecule has 1 saturated heterocycles. The van der Waals surface area contributed by atoms with E-state index >= 15 is 0 Å². The van der Waals surface area contributed by atoms with Gasteiger partial charge < -0.3 is 19.7 Å². The molecule has 0 amide bonds. The summed E-state index contributed by atoms with van der Waals surface area (Å²) < 4.78 is 40.0. The van der Waals surface area contributed by atoms with Gasteiger partial charge in [-0.1, -0.05) is 6.92 Å². The molecule has 0 saturated carbocycles. The van der Waals surface area contributed by atoms with Crippen LogP contribution in [0.15, 0.2) is 36.7 Å². The fourth-order valence-electron chi connectivity index (χ4n) is 4.31. The molecule has 9 heteroatoms. The fourth-order valence-corrected chi connectivity index (χ4v) is 4.31. The average Bonchev–Trinajstić information content (AvgIpc) is 2.90. The van der Waals surface area contributed by atoms with Gasteiger partial charge in [-0.15, -0.1) is 0 Å². The number of hydrogen-bond acceptors (Lipinski definition) is 7. The minimum atomic E-state index is -0.667. The van der Waals surface area contributed by atoms with Gasteiger partial charge in [-0.05, 0) is 48.6 Å². The van der Waals surface area contributed by atoms with E-state index in [1.54, 1.807) is 19.5 Å². The zero-order chi connectivity index (χ0) is 25.7. The first kappa shape index (κ1) is 25.3. The number of ketones is 1. The van der Waals surface area contributed by atoms with Crippen molar-refractivity contribution in [1.82, 2.24) is 9.97 Å². The predicted octanol–water partition coefficient (Wildman–Crippen LogP) is 5.03. The maximum atomic E-state index is 14.7. The largest absolute Gasteiger partial charge is 0.495 e. The molecule has 190 valence electrons. The number of carbonyl (C=O) groups is 1. The summed E-state index contributed by atoms with van der Waals surface area (Å²) in [5.41, 5.74) is 2.89. The predicted molar refractivity (Wildman–Crippen MR) is 134 cm³/mol. The Labute approximate surface area is 209 Å². The molecule has 2 heterocycles. The SMILES string of the molecule is CCc1cc(OC)c(F)c(CCc2cnc(Nc3ccc(N4CCC(=O)CC4)c(OC)c3)nc2)c1F. The fraction of sp³-hybridized carbons (Fsp3) is 0.370. The Morgan fingerprint density at radius 3 is 2.31 bits per heavy atom. The maximum absolute atomic E-state index is 14.7. The summed E-state index contributed by atoms with van der Waals surface area (Å²) >= 11 is 0. The summed E-state index contributed by atoms with van der Waals surface area (Å²) in [6.45, 7) is 3.17. The number of nitrogens with zero attached hydrogens (tertiary/aromatic N) is 3. The molecule has 36 heavy (non-hydrogen) atoms. The first-order valence-electron chi connectivity index (χ1n) is 12.0. The molecule has 1 N–H and O–H groups in total. The molecular formula is C27H30F2N4O3. The maximum Gasteiger partial charge on any atom is 0.227 e. The number of ether oxygens (including phenoxy) is 2. The molecule has 0 bridgehead atoms. The zero-order valence-electron chi connectivity index (χ0n) is 20.7. The van der Waals surface area contributed by atoms with Gasteiger partial charge in [-0.3, -0.25) is 4.79 Å². The third-order valence-corrected chi connectivity index (χ3v) is 6.40. The van der Waals surface area contributed by atoms with Crippen molar-refractivity contribution in [1.29, 1.82) is 0 Å². The molecule has 1 aliphatic rings. The number of aromatic nitrogens is 2. The first-order valence-corrected chi connectivity index (χ1v) is 12.0. The monoisotopic (exact) mass is 496 g/mol. The van der Waals surface area contributed by atoms with Crippen LogP contribution < -0.4 is 19.7 Å². The van der Waals surface area contributed by atoms with E-state index in [2.05, 4.69) is 20.2 Å². The Bertz CT molecular complexity index is 1200. The Hall–Kier alpha value is -3.75. The molecule has 4 rings (SSSR count). The van der Waals surface area contributed by atoms with E-state index in [9.17, 15) is 13.6 Å². The van der Waals surface area contributed by atoms with Crippen LogP contribution in [0.25, 0.3) is 0 Å². The van der Waals surface area contributed by atoms with Crippen LogP contribution in [0.3, 0.4) is 0 Å². The number of halogens is 2. The lowest BCUT2D eigenvalue weighted by atomic mass is 10.0. The summed E-state index contributed by atoms with van der Waals surface area (Å²) in [5, 5.41) is 3.15. The molecule has 0 aliphatic carbocycles.